The third-order valence-electron chi connectivity index (χ3n) is 6.00. The average Bonchev–Trinajstić information content (AvgIpc) is 3.24. The molecular weight excluding hydrogens is 628 g/mol. The molecule has 0 bridgehead atoms. The number of benzene rings is 1. The minimum Gasteiger partial charge on any atom is -0.463 e. The first-order valence-electron chi connectivity index (χ1n) is 12.7. The molecule has 1 aliphatic rings. The molecule has 3 rings (SSSR count). The van der Waals surface area contributed by atoms with Crippen LogP contribution in [0, 0.1) is 0 Å². The van der Waals surface area contributed by atoms with Crippen LogP contribution in [0.5, 0.6) is 5.88 Å². The predicted molar refractivity (Wildman–Crippen MR) is 147 cm³/mol. The van der Waals surface area contributed by atoms with E-state index in [4.69, 9.17) is 40.0 Å². The molecule has 0 aliphatic carbocycles. The fraction of sp³-hybridized carbons (Fsp3) is 0.519. The van der Waals surface area contributed by atoms with Crippen LogP contribution in [-0.2, 0) is 49.3 Å². The first-order chi connectivity index (χ1) is 19.3. The third kappa shape index (κ3) is 8.66. The Morgan fingerprint density at radius 2 is 1.59 bits per heavy atom. The molecule has 224 valence electrons. The highest BCUT2D eigenvalue weighted by Crippen LogP contribution is 2.35. The maximum atomic E-state index is 12.1. The topological polar surface area (TPSA) is 152 Å². The molecule has 1 fully saturated rings. The number of hydrogen-bond donors (Lipinski definition) is 1. The zero-order valence-electron chi connectivity index (χ0n) is 23.4. The maximum absolute atomic E-state index is 12.1. The van der Waals surface area contributed by atoms with E-state index >= 15 is 0 Å². The van der Waals surface area contributed by atoms with Crippen LogP contribution in [0.4, 0.5) is 0 Å². The van der Waals surface area contributed by atoms with Crippen molar-refractivity contribution in [2.24, 2.45) is 0 Å². The van der Waals surface area contributed by atoms with Gasteiger partial charge in [0.1, 0.15) is 12.7 Å². The molecule has 5 atom stereocenters. The zero-order chi connectivity index (χ0) is 30.4. The average molecular weight is 660 g/mol. The number of esters is 4. The van der Waals surface area contributed by atoms with Crippen molar-refractivity contribution in [3.63, 3.8) is 0 Å². The Bertz CT molecular complexity index is 1280. The Hall–Kier alpha value is -3.16. The van der Waals surface area contributed by atoms with E-state index in [0.717, 1.165) is 36.5 Å². The summed E-state index contributed by atoms with van der Waals surface area (Å²) >= 11 is 9.90. The molecule has 1 N–H and O–H groups in total. The second-order valence-electron chi connectivity index (χ2n) is 9.67. The summed E-state index contributed by atoms with van der Waals surface area (Å²) in [6.45, 7) is 8.20. The molecule has 0 saturated carbocycles. The number of nitrogens with one attached hydrogen (secondary N) is 1. The van der Waals surface area contributed by atoms with Gasteiger partial charge >= 0.3 is 23.9 Å². The third-order valence-corrected chi connectivity index (χ3v) is 6.84. The van der Waals surface area contributed by atoms with Crippen LogP contribution in [0.15, 0.2) is 22.7 Å². The van der Waals surface area contributed by atoms with Crippen molar-refractivity contribution in [3.8, 4) is 5.88 Å². The van der Waals surface area contributed by atoms with Crippen LogP contribution in [0.25, 0.3) is 0 Å². The number of H-pyrrole nitrogens is 1. The highest BCUT2D eigenvalue weighted by molar-refractivity contribution is 9.10. The van der Waals surface area contributed by atoms with Gasteiger partial charge in [0.25, 0.3) is 0 Å². The molecule has 0 spiro atoms. The van der Waals surface area contributed by atoms with Gasteiger partial charge in [0, 0.05) is 54.9 Å². The van der Waals surface area contributed by atoms with E-state index < -0.39 is 54.6 Å². The first-order valence-corrected chi connectivity index (χ1v) is 13.9. The number of carbonyl (C=O) groups excluding carboxylic acids is 4. The molecule has 0 unspecified atom stereocenters. The number of halogens is 2. The molecular formula is C27H32BrClN2O10. The number of aromatic nitrogens is 2. The smallest absolute Gasteiger partial charge is 0.303 e. The highest BCUT2D eigenvalue weighted by atomic mass is 79.9. The lowest BCUT2D eigenvalue weighted by molar-refractivity contribution is -0.289. The van der Waals surface area contributed by atoms with Gasteiger partial charge in [-0.05, 0) is 23.6 Å². The molecule has 0 radical (unpaired) electrons. The lowest BCUT2D eigenvalue weighted by Gasteiger charge is -2.43. The fourth-order valence-electron chi connectivity index (χ4n) is 4.36. The van der Waals surface area contributed by atoms with Gasteiger partial charge in [-0.1, -0.05) is 47.4 Å². The van der Waals surface area contributed by atoms with Crippen molar-refractivity contribution in [1.82, 2.24) is 10.2 Å². The summed E-state index contributed by atoms with van der Waals surface area (Å²) in [7, 11) is 0. The summed E-state index contributed by atoms with van der Waals surface area (Å²) in [5, 5.41) is 7.85. The van der Waals surface area contributed by atoms with Gasteiger partial charge in [-0.15, -0.1) is 5.10 Å². The van der Waals surface area contributed by atoms with Crippen LogP contribution in [0.2, 0.25) is 5.02 Å². The van der Waals surface area contributed by atoms with Crippen LogP contribution >= 0.6 is 27.5 Å². The van der Waals surface area contributed by atoms with E-state index in [2.05, 4.69) is 26.1 Å². The first kappa shape index (κ1) is 32.4. The lowest BCUT2D eigenvalue weighted by atomic mass is 9.97. The van der Waals surface area contributed by atoms with E-state index in [0.29, 0.717) is 17.0 Å². The quantitative estimate of drug-likeness (QED) is 0.291. The van der Waals surface area contributed by atoms with Crippen molar-refractivity contribution in [2.75, 3.05) is 6.61 Å². The van der Waals surface area contributed by atoms with Crippen LogP contribution in [0.1, 0.15) is 64.3 Å². The van der Waals surface area contributed by atoms with E-state index in [1.807, 2.05) is 26.0 Å². The number of rotatable bonds is 10. The fourth-order valence-corrected chi connectivity index (χ4v) is 5.10. The summed E-state index contributed by atoms with van der Waals surface area (Å²) < 4.78 is 34.6. The normalized spacial score (nSPS) is 22.1. The summed E-state index contributed by atoms with van der Waals surface area (Å²) in [5.41, 5.74) is 2.23. The van der Waals surface area contributed by atoms with Gasteiger partial charge in [0.15, 0.2) is 12.2 Å². The summed E-state index contributed by atoms with van der Waals surface area (Å²) in [5.74, 6) is -2.71. The van der Waals surface area contributed by atoms with E-state index in [9.17, 15) is 19.2 Å². The molecule has 14 heteroatoms. The van der Waals surface area contributed by atoms with Gasteiger partial charge in [0.05, 0.1) is 0 Å². The Morgan fingerprint density at radius 1 is 0.976 bits per heavy atom. The van der Waals surface area contributed by atoms with Crippen molar-refractivity contribution >= 4 is 51.4 Å². The molecule has 2 heterocycles. The van der Waals surface area contributed by atoms with Crippen molar-refractivity contribution < 1.29 is 47.6 Å². The Kier molecular flexibility index (Phi) is 11.2. The van der Waals surface area contributed by atoms with Crippen LogP contribution in [-0.4, -0.2) is 71.4 Å². The number of carbonyl (C=O) groups is 4. The largest absolute Gasteiger partial charge is 0.463 e. The summed E-state index contributed by atoms with van der Waals surface area (Å²) in [6, 6.07) is 5.49. The monoisotopic (exact) mass is 658 g/mol. The maximum Gasteiger partial charge on any atom is 0.303 e. The van der Waals surface area contributed by atoms with Crippen LogP contribution < -0.4 is 4.74 Å². The lowest BCUT2D eigenvalue weighted by Crippen LogP contribution is -2.63. The molecule has 2 aromatic rings. The minimum atomic E-state index is -1.42. The number of aromatic amines is 1. The van der Waals surface area contributed by atoms with Gasteiger partial charge in [-0.25, -0.2) is 0 Å². The van der Waals surface area contributed by atoms with E-state index in [1.165, 1.54) is 6.92 Å². The molecule has 1 saturated heterocycles. The summed E-state index contributed by atoms with van der Waals surface area (Å²) in [6.07, 6.45) is -6.30. The molecule has 41 heavy (non-hydrogen) atoms. The van der Waals surface area contributed by atoms with Crippen molar-refractivity contribution in [2.45, 2.75) is 84.6 Å². The van der Waals surface area contributed by atoms with Gasteiger partial charge in [-0.2, -0.15) is 0 Å². The van der Waals surface area contributed by atoms with Gasteiger partial charge in [-0.3, -0.25) is 24.3 Å². The SMILES string of the molecule is CC(=O)OC[C@H]1O[C@@H](Oc2n[nH]c(C(C)C)c2Cc2ccc(Br)cc2Cl)[C@H](OC(C)=O)[C@@H](OC(C)=O)[C@@H]1OC(C)=O. The molecule has 1 aliphatic heterocycles. The Labute approximate surface area is 250 Å². The van der Waals surface area contributed by atoms with E-state index in [1.54, 1.807) is 6.07 Å². The van der Waals surface area contributed by atoms with E-state index in [-0.39, 0.29) is 18.4 Å². The van der Waals surface area contributed by atoms with Crippen LogP contribution in [0.3, 0.4) is 0 Å². The van der Waals surface area contributed by atoms with Gasteiger partial charge < -0.3 is 28.4 Å². The number of nitrogens with zero attached hydrogens (tertiary/aromatic N) is 1. The molecule has 12 nitrogen and oxygen atoms in total. The standard InChI is InChI=1S/C27H32BrClN2O10/c1-12(2)22-19(9-17-7-8-18(28)10-20(17)29)26(31-30-22)41-27-25(39-16(6)35)24(38-15(5)34)23(37-14(4)33)21(40-27)11-36-13(3)32/h7-8,10,12,21,23-25,27H,9,11H2,1-6H3,(H,30,31)/t21-,23-,24+,25-,27+/m1/s1. The summed E-state index contributed by atoms with van der Waals surface area (Å²) in [4.78, 5) is 47.8. The molecule has 0 amide bonds. The predicted octanol–water partition coefficient (Wildman–Crippen LogP) is 4.00. The minimum absolute atomic E-state index is 0.0134. The molecule has 1 aromatic heterocycles. The zero-order valence-corrected chi connectivity index (χ0v) is 25.7. The Morgan fingerprint density at radius 3 is 2.15 bits per heavy atom. The molecule has 1 aromatic carbocycles. The van der Waals surface area contributed by atoms with Crippen molar-refractivity contribution in [1.29, 1.82) is 0 Å². The number of hydrogen-bond acceptors (Lipinski definition) is 11. The number of ether oxygens (including phenoxy) is 6. The van der Waals surface area contributed by atoms with Gasteiger partial charge in [0.2, 0.25) is 18.3 Å². The van der Waals surface area contributed by atoms with Crippen molar-refractivity contribution in [3.05, 3.63) is 44.5 Å². The highest BCUT2D eigenvalue weighted by Gasteiger charge is 2.53. The Balaban J connectivity index is 2.06. The second kappa shape index (κ2) is 14.1. The second-order valence-corrected chi connectivity index (χ2v) is 11.0.